The molecule has 0 aliphatic rings. The lowest BCUT2D eigenvalue weighted by Gasteiger charge is -2.22. The Balaban J connectivity index is 2.51. The van der Waals surface area contributed by atoms with Gasteiger partial charge in [-0.05, 0) is 32.4 Å². The second kappa shape index (κ2) is 8.48. The van der Waals surface area contributed by atoms with E-state index >= 15 is 0 Å². The third-order valence-electron chi connectivity index (χ3n) is 4.01. The quantitative estimate of drug-likeness (QED) is 0.705. The van der Waals surface area contributed by atoms with E-state index in [1.54, 1.807) is 6.92 Å². The predicted octanol–water partition coefficient (Wildman–Crippen LogP) is 2.22. The lowest BCUT2D eigenvalue weighted by molar-refractivity contribution is 0.0594. The first kappa shape index (κ1) is 20.2. The number of benzene rings is 1. The van der Waals surface area contributed by atoms with E-state index in [-0.39, 0.29) is 35.1 Å². The smallest absolute Gasteiger partial charge is 0.342 e. The Labute approximate surface area is 153 Å². The minimum atomic E-state index is -3.98. The molecule has 0 spiro atoms. The minimum absolute atomic E-state index is 0.0594. The average Bonchev–Trinajstić information content (AvgIpc) is 2.93. The van der Waals surface area contributed by atoms with E-state index in [1.165, 1.54) is 18.3 Å². The van der Waals surface area contributed by atoms with Gasteiger partial charge in [-0.1, -0.05) is 30.3 Å². The van der Waals surface area contributed by atoms with Crippen molar-refractivity contribution in [3.63, 3.8) is 0 Å². The van der Waals surface area contributed by atoms with Crippen molar-refractivity contribution in [1.29, 1.82) is 0 Å². The second-order valence-electron chi connectivity index (χ2n) is 5.88. The zero-order valence-electron chi connectivity index (χ0n) is 15.2. The number of hydrogen-bond donors (Lipinski definition) is 1. The minimum Gasteiger partial charge on any atom is -0.465 e. The molecule has 2 rings (SSSR count). The number of esters is 1. The second-order valence-corrected chi connectivity index (χ2v) is 7.75. The van der Waals surface area contributed by atoms with Gasteiger partial charge in [0.25, 0.3) is 0 Å². The Kier molecular flexibility index (Phi) is 6.57. The van der Waals surface area contributed by atoms with Gasteiger partial charge >= 0.3 is 5.97 Å². The number of nitrogens with zero attached hydrogens (tertiary/aromatic N) is 1. The van der Waals surface area contributed by atoms with Crippen LogP contribution in [0.3, 0.4) is 0 Å². The molecule has 2 aromatic rings. The lowest BCUT2D eigenvalue weighted by atomic mass is 10.2. The number of sulfonamides is 1. The Bertz CT molecular complexity index is 859. The maximum Gasteiger partial charge on any atom is 0.342 e. The summed E-state index contributed by atoms with van der Waals surface area (Å²) in [6, 6.07) is 9.24. The number of rotatable bonds is 8. The summed E-state index contributed by atoms with van der Waals surface area (Å²) in [5, 5.41) is 0. The summed E-state index contributed by atoms with van der Waals surface area (Å²) >= 11 is 0. The third-order valence-corrected chi connectivity index (χ3v) is 6.00. The average molecular weight is 380 g/mol. The van der Waals surface area contributed by atoms with Crippen LogP contribution in [0.25, 0.3) is 0 Å². The highest BCUT2D eigenvalue weighted by atomic mass is 32.2. The molecule has 1 heterocycles. The number of furan rings is 1. The molecule has 1 aromatic heterocycles. The van der Waals surface area contributed by atoms with Crippen molar-refractivity contribution in [2.45, 2.75) is 31.7 Å². The number of nitrogens with two attached hydrogens (primary N) is 1. The van der Waals surface area contributed by atoms with Gasteiger partial charge in [0, 0.05) is 13.1 Å². The molecule has 0 fully saturated rings. The monoisotopic (exact) mass is 380 g/mol. The van der Waals surface area contributed by atoms with Gasteiger partial charge in [0.15, 0.2) is 0 Å². The van der Waals surface area contributed by atoms with Gasteiger partial charge in [-0.3, -0.25) is 0 Å². The molecule has 0 radical (unpaired) electrons. The van der Waals surface area contributed by atoms with E-state index < -0.39 is 16.0 Å². The van der Waals surface area contributed by atoms with Crippen molar-refractivity contribution in [2.75, 3.05) is 20.2 Å². The molecule has 7 nitrogen and oxygen atoms in total. The molecule has 0 aliphatic carbocycles. The number of carbonyl (C=O) groups excluding carboxylic acids is 1. The van der Waals surface area contributed by atoms with E-state index in [1.807, 2.05) is 30.3 Å². The van der Waals surface area contributed by atoms with Crippen LogP contribution in [-0.4, -0.2) is 38.9 Å². The molecule has 0 saturated carbocycles. The maximum absolute atomic E-state index is 13.3. The van der Waals surface area contributed by atoms with Crippen LogP contribution in [0.4, 0.5) is 0 Å². The highest BCUT2D eigenvalue weighted by Crippen LogP contribution is 2.30. The van der Waals surface area contributed by atoms with Crippen LogP contribution in [-0.2, 0) is 21.3 Å². The molecule has 1 aromatic carbocycles. The van der Waals surface area contributed by atoms with Gasteiger partial charge in [-0.2, -0.15) is 4.31 Å². The van der Waals surface area contributed by atoms with Crippen LogP contribution >= 0.6 is 0 Å². The van der Waals surface area contributed by atoms with Crippen LogP contribution < -0.4 is 5.73 Å². The molecule has 0 unspecified atom stereocenters. The van der Waals surface area contributed by atoms with Gasteiger partial charge in [0.1, 0.15) is 22.0 Å². The summed E-state index contributed by atoms with van der Waals surface area (Å²) in [5.74, 6) is -0.364. The molecule has 26 heavy (non-hydrogen) atoms. The fraction of sp³-hybridized carbons (Fsp3) is 0.389. The standard InChI is InChI=1S/C18H24N2O5S/c1-13-16(18(21)24-3)17(14(2)25-13)26(22,23)20(11-7-10-19)12-15-8-5-4-6-9-15/h4-6,8-9H,7,10-12,19H2,1-3H3. The van der Waals surface area contributed by atoms with Gasteiger partial charge in [0.2, 0.25) is 10.0 Å². The Morgan fingerprint density at radius 2 is 1.85 bits per heavy atom. The summed E-state index contributed by atoms with van der Waals surface area (Å²) in [6.45, 7) is 3.83. The fourth-order valence-electron chi connectivity index (χ4n) is 2.78. The van der Waals surface area contributed by atoms with Gasteiger partial charge in [0.05, 0.1) is 7.11 Å². The SMILES string of the molecule is COC(=O)c1c(C)oc(C)c1S(=O)(=O)N(CCCN)Cc1ccccc1. The molecule has 0 amide bonds. The van der Waals surface area contributed by atoms with Crippen molar-refractivity contribution < 1.29 is 22.4 Å². The number of carbonyl (C=O) groups is 1. The molecule has 0 saturated heterocycles. The van der Waals surface area contributed by atoms with Gasteiger partial charge in [-0.15, -0.1) is 0 Å². The summed E-state index contributed by atoms with van der Waals surface area (Å²) in [7, 11) is -2.78. The van der Waals surface area contributed by atoms with E-state index in [9.17, 15) is 13.2 Å². The van der Waals surface area contributed by atoms with E-state index in [4.69, 9.17) is 14.9 Å². The van der Waals surface area contributed by atoms with Crippen molar-refractivity contribution in [3.8, 4) is 0 Å². The maximum atomic E-state index is 13.3. The van der Waals surface area contributed by atoms with Crippen molar-refractivity contribution >= 4 is 16.0 Å². The lowest BCUT2D eigenvalue weighted by Crippen LogP contribution is -2.33. The van der Waals surface area contributed by atoms with Gasteiger partial charge in [-0.25, -0.2) is 13.2 Å². The van der Waals surface area contributed by atoms with E-state index in [0.29, 0.717) is 13.0 Å². The number of ether oxygens (including phenoxy) is 1. The van der Waals surface area contributed by atoms with Crippen molar-refractivity contribution in [3.05, 3.63) is 53.0 Å². The third kappa shape index (κ3) is 4.14. The highest BCUT2D eigenvalue weighted by molar-refractivity contribution is 7.89. The Morgan fingerprint density at radius 1 is 1.19 bits per heavy atom. The first-order chi connectivity index (χ1) is 12.3. The van der Waals surface area contributed by atoms with Crippen LogP contribution in [0.5, 0.6) is 0 Å². The molecule has 142 valence electrons. The molecule has 0 bridgehead atoms. The normalized spacial score (nSPS) is 11.7. The summed E-state index contributed by atoms with van der Waals surface area (Å²) < 4.78 is 38.2. The molecular weight excluding hydrogens is 356 g/mol. The molecule has 2 N–H and O–H groups in total. The van der Waals surface area contributed by atoms with Crippen molar-refractivity contribution in [1.82, 2.24) is 4.31 Å². The van der Waals surface area contributed by atoms with Crippen LogP contribution in [0.1, 0.15) is 33.9 Å². The van der Waals surface area contributed by atoms with Crippen molar-refractivity contribution in [2.24, 2.45) is 5.73 Å². The molecule has 0 aliphatic heterocycles. The van der Waals surface area contributed by atoms with Gasteiger partial charge < -0.3 is 14.9 Å². The zero-order valence-corrected chi connectivity index (χ0v) is 16.0. The molecular formula is C18H24N2O5S. The highest BCUT2D eigenvalue weighted by Gasteiger charge is 2.35. The molecule has 0 atom stereocenters. The topological polar surface area (TPSA) is 103 Å². The summed E-state index contributed by atoms with van der Waals surface area (Å²) in [5.41, 5.74) is 6.35. The predicted molar refractivity (Wildman–Crippen MR) is 97.2 cm³/mol. The van der Waals surface area contributed by atoms with E-state index in [0.717, 1.165) is 5.56 Å². The first-order valence-corrected chi connectivity index (χ1v) is 9.69. The summed E-state index contributed by atoms with van der Waals surface area (Å²) in [6.07, 6.45) is 0.496. The number of methoxy groups -OCH3 is 1. The summed E-state index contributed by atoms with van der Waals surface area (Å²) in [4.78, 5) is 12.0. The number of aryl methyl sites for hydroxylation is 2. The Hall–Kier alpha value is -2.16. The first-order valence-electron chi connectivity index (χ1n) is 8.25. The Morgan fingerprint density at radius 3 is 2.42 bits per heavy atom. The fourth-order valence-corrected chi connectivity index (χ4v) is 4.62. The van der Waals surface area contributed by atoms with E-state index in [2.05, 4.69) is 0 Å². The van der Waals surface area contributed by atoms with Crippen LogP contribution in [0.2, 0.25) is 0 Å². The zero-order chi connectivity index (χ0) is 19.3. The largest absolute Gasteiger partial charge is 0.465 e. The van der Waals surface area contributed by atoms with Crippen LogP contribution in [0.15, 0.2) is 39.6 Å². The van der Waals surface area contributed by atoms with Crippen LogP contribution in [0, 0.1) is 13.8 Å². The molecule has 8 heteroatoms. The number of hydrogen-bond acceptors (Lipinski definition) is 6.